The number of rotatable bonds is 12. The zero-order chi connectivity index (χ0) is 27.0. The van der Waals surface area contributed by atoms with Gasteiger partial charge in [-0.15, -0.1) is 0 Å². The molecule has 0 bridgehead atoms. The van der Waals surface area contributed by atoms with Crippen LogP contribution in [0.25, 0.3) is 22.2 Å². The number of hydrogen-bond donors (Lipinski definition) is 2. The molecule has 200 valence electrons. The van der Waals surface area contributed by atoms with Gasteiger partial charge in [0.05, 0.1) is 0 Å². The maximum Gasteiger partial charge on any atom is 0.119 e. The third kappa shape index (κ3) is 7.10. The Morgan fingerprint density at radius 1 is 0.744 bits per heavy atom. The molecule has 0 aliphatic rings. The summed E-state index contributed by atoms with van der Waals surface area (Å²) in [4.78, 5) is 0. The van der Waals surface area contributed by atoms with Gasteiger partial charge in [0.1, 0.15) is 18.1 Å². The standard InChI is InChI=1S/C35H38N2O2/c1-26-20-27(2)22-30(21-26)35-24-31-23-32(38)13-16-34(31)37(35)19-18-36-17-7-6-8-28-11-14-33(15-12-28)39-25-29-9-4-3-5-10-29/h3-5,9-16,20-24,36,38H,6-8,17-19,25H2,1-2H3. The summed E-state index contributed by atoms with van der Waals surface area (Å²) >= 11 is 0. The highest BCUT2D eigenvalue weighted by atomic mass is 16.5. The molecule has 0 aliphatic carbocycles. The van der Waals surface area contributed by atoms with Gasteiger partial charge in [0, 0.05) is 29.7 Å². The monoisotopic (exact) mass is 518 g/mol. The molecule has 0 saturated heterocycles. The lowest BCUT2D eigenvalue weighted by atomic mass is 10.0. The minimum atomic E-state index is 0.305. The first-order valence-corrected chi connectivity index (χ1v) is 13.9. The number of fused-ring (bicyclic) bond motifs is 1. The highest BCUT2D eigenvalue weighted by Crippen LogP contribution is 2.31. The Morgan fingerprint density at radius 2 is 1.51 bits per heavy atom. The Hall–Kier alpha value is -4.02. The van der Waals surface area contributed by atoms with Crippen molar-refractivity contribution in [3.8, 4) is 22.8 Å². The Kier molecular flexibility index (Phi) is 8.65. The van der Waals surface area contributed by atoms with Crippen LogP contribution in [0.5, 0.6) is 11.5 Å². The molecule has 0 spiro atoms. The van der Waals surface area contributed by atoms with Gasteiger partial charge < -0.3 is 19.7 Å². The van der Waals surface area contributed by atoms with Gasteiger partial charge in [-0.05, 0) is 105 Å². The lowest BCUT2D eigenvalue weighted by Crippen LogP contribution is -2.21. The number of phenolic OH excluding ortho intramolecular Hbond substituents is 1. The second-order valence-corrected chi connectivity index (χ2v) is 10.4. The summed E-state index contributed by atoms with van der Waals surface area (Å²) in [6, 6.07) is 33.3. The van der Waals surface area contributed by atoms with E-state index in [1.165, 1.54) is 33.5 Å². The van der Waals surface area contributed by atoms with Crippen LogP contribution in [0.1, 0.15) is 35.1 Å². The van der Waals surface area contributed by atoms with Crippen LogP contribution in [0.3, 0.4) is 0 Å². The number of nitrogens with one attached hydrogen (secondary N) is 1. The predicted octanol–water partition coefficient (Wildman–Crippen LogP) is 7.82. The van der Waals surface area contributed by atoms with Crippen molar-refractivity contribution >= 4 is 10.9 Å². The molecule has 1 heterocycles. The number of nitrogens with zero attached hydrogens (tertiary/aromatic N) is 1. The van der Waals surface area contributed by atoms with Gasteiger partial charge in [-0.1, -0.05) is 59.7 Å². The number of aromatic nitrogens is 1. The number of phenols is 1. The maximum absolute atomic E-state index is 10.0. The van der Waals surface area contributed by atoms with E-state index in [4.69, 9.17) is 4.74 Å². The van der Waals surface area contributed by atoms with Crippen molar-refractivity contribution in [1.82, 2.24) is 9.88 Å². The van der Waals surface area contributed by atoms with E-state index in [-0.39, 0.29) is 0 Å². The summed E-state index contributed by atoms with van der Waals surface area (Å²) < 4.78 is 8.28. The summed E-state index contributed by atoms with van der Waals surface area (Å²) in [6.45, 7) is 7.66. The third-order valence-electron chi connectivity index (χ3n) is 7.16. The van der Waals surface area contributed by atoms with Crippen molar-refractivity contribution in [2.45, 2.75) is 46.3 Å². The molecule has 0 saturated carbocycles. The molecule has 4 aromatic carbocycles. The first kappa shape index (κ1) is 26.6. The van der Waals surface area contributed by atoms with Gasteiger partial charge in [0.25, 0.3) is 0 Å². The summed E-state index contributed by atoms with van der Waals surface area (Å²) in [5.74, 6) is 1.22. The molecule has 4 heteroatoms. The number of aromatic hydroxyl groups is 1. The zero-order valence-electron chi connectivity index (χ0n) is 23.0. The van der Waals surface area contributed by atoms with E-state index >= 15 is 0 Å². The normalized spacial score (nSPS) is 11.2. The van der Waals surface area contributed by atoms with E-state index in [0.29, 0.717) is 12.4 Å². The van der Waals surface area contributed by atoms with E-state index in [9.17, 15) is 5.11 Å². The third-order valence-corrected chi connectivity index (χ3v) is 7.16. The smallest absolute Gasteiger partial charge is 0.119 e. The van der Waals surface area contributed by atoms with E-state index in [1.807, 2.05) is 30.3 Å². The highest BCUT2D eigenvalue weighted by molar-refractivity contribution is 5.88. The van der Waals surface area contributed by atoms with E-state index in [1.54, 1.807) is 6.07 Å². The SMILES string of the molecule is Cc1cc(C)cc(-c2cc3cc(O)ccc3n2CCNCCCCc2ccc(OCc3ccccc3)cc2)c1. The first-order valence-electron chi connectivity index (χ1n) is 13.9. The minimum Gasteiger partial charge on any atom is -0.508 e. The fourth-order valence-electron chi connectivity index (χ4n) is 5.25. The summed E-state index contributed by atoms with van der Waals surface area (Å²) in [5, 5.41) is 14.7. The number of benzene rings is 4. The number of unbranched alkanes of at least 4 members (excludes halogenated alkanes) is 1. The predicted molar refractivity (Wildman–Crippen MR) is 162 cm³/mol. The average molecular weight is 519 g/mol. The molecule has 4 nitrogen and oxygen atoms in total. The van der Waals surface area contributed by atoms with Crippen molar-refractivity contribution in [2.24, 2.45) is 0 Å². The Labute approximate surface area is 231 Å². The quantitative estimate of drug-likeness (QED) is 0.166. The maximum atomic E-state index is 10.0. The van der Waals surface area contributed by atoms with Crippen LogP contribution in [0.4, 0.5) is 0 Å². The van der Waals surface area contributed by atoms with Crippen LogP contribution in [0.15, 0.2) is 97.1 Å². The Morgan fingerprint density at radius 3 is 2.28 bits per heavy atom. The van der Waals surface area contributed by atoms with E-state index in [2.05, 4.69) is 84.4 Å². The number of aryl methyl sites for hydroxylation is 3. The first-order chi connectivity index (χ1) is 19.0. The van der Waals surface area contributed by atoms with E-state index < -0.39 is 0 Å². The van der Waals surface area contributed by atoms with Crippen LogP contribution in [-0.4, -0.2) is 22.8 Å². The molecule has 5 rings (SSSR count). The van der Waals surface area contributed by atoms with Gasteiger partial charge >= 0.3 is 0 Å². The van der Waals surface area contributed by atoms with Crippen molar-refractivity contribution < 1.29 is 9.84 Å². The summed E-state index contributed by atoms with van der Waals surface area (Å²) in [6.07, 6.45) is 3.36. The molecule has 0 fully saturated rings. The molecule has 5 aromatic rings. The van der Waals surface area contributed by atoms with Crippen LogP contribution >= 0.6 is 0 Å². The molecule has 0 radical (unpaired) electrons. The fourth-order valence-corrected chi connectivity index (χ4v) is 5.25. The van der Waals surface area contributed by atoms with Gasteiger partial charge in [-0.25, -0.2) is 0 Å². The molecular weight excluding hydrogens is 480 g/mol. The second-order valence-electron chi connectivity index (χ2n) is 10.4. The molecule has 2 N–H and O–H groups in total. The van der Waals surface area contributed by atoms with Crippen molar-refractivity contribution in [1.29, 1.82) is 0 Å². The number of hydrogen-bond acceptors (Lipinski definition) is 3. The second kappa shape index (κ2) is 12.7. The van der Waals surface area contributed by atoms with Crippen LogP contribution in [0, 0.1) is 13.8 Å². The minimum absolute atomic E-state index is 0.305. The van der Waals surface area contributed by atoms with Crippen molar-refractivity contribution in [3.05, 3.63) is 119 Å². The zero-order valence-corrected chi connectivity index (χ0v) is 23.0. The molecule has 0 amide bonds. The largest absolute Gasteiger partial charge is 0.508 e. The molecule has 0 atom stereocenters. The van der Waals surface area contributed by atoms with Gasteiger partial charge in [-0.2, -0.15) is 0 Å². The van der Waals surface area contributed by atoms with Crippen LogP contribution in [0.2, 0.25) is 0 Å². The van der Waals surface area contributed by atoms with Gasteiger partial charge in [-0.3, -0.25) is 0 Å². The van der Waals surface area contributed by atoms with Crippen molar-refractivity contribution in [2.75, 3.05) is 13.1 Å². The topological polar surface area (TPSA) is 46.4 Å². The molecule has 0 unspecified atom stereocenters. The molecule has 39 heavy (non-hydrogen) atoms. The Bertz CT molecular complexity index is 1480. The Balaban J connectivity index is 1.09. The van der Waals surface area contributed by atoms with Crippen LogP contribution < -0.4 is 10.1 Å². The molecule has 1 aromatic heterocycles. The van der Waals surface area contributed by atoms with Crippen LogP contribution in [-0.2, 0) is 19.6 Å². The van der Waals surface area contributed by atoms with E-state index in [0.717, 1.165) is 55.5 Å². The lowest BCUT2D eigenvalue weighted by molar-refractivity contribution is 0.306. The summed E-state index contributed by atoms with van der Waals surface area (Å²) in [5.41, 5.74) is 8.62. The fraction of sp³-hybridized carbons (Fsp3) is 0.257. The average Bonchev–Trinajstić information content (AvgIpc) is 3.29. The number of ether oxygens (including phenoxy) is 1. The van der Waals surface area contributed by atoms with Gasteiger partial charge in [0.15, 0.2) is 0 Å². The highest BCUT2D eigenvalue weighted by Gasteiger charge is 2.12. The van der Waals surface area contributed by atoms with Gasteiger partial charge in [0.2, 0.25) is 0 Å². The van der Waals surface area contributed by atoms with Crippen molar-refractivity contribution in [3.63, 3.8) is 0 Å². The summed E-state index contributed by atoms with van der Waals surface area (Å²) in [7, 11) is 0. The lowest BCUT2D eigenvalue weighted by Gasteiger charge is -2.13. The molecule has 0 aliphatic heterocycles. The molecular formula is C35H38N2O2.